The van der Waals surface area contributed by atoms with Crippen molar-refractivity contribution in [3.05, 3.63) is 53.9 Å². The number of aromatic nitrogens is 2. The zero-order chi connectivity index (χ0) is 23.0. The molecule has 7 nitrogen and oxygen atoms in total. The molecule has 0 bridgehead atoms. The molecule has 168 valence electrons. The van der Waals surface area contributed by atoms with Gasteiger partial charge in [0.2, 0.25) is 5.91 Å². The van der Waals surface area contributed by atoms with Gasteiger partial charge in [0.05, 0.1) is 23.0 Å². The fourth-order valence-corrected chi connectivity index (χ4v) is 3.80. The molecule has 32 heavy (non-hydrogen) atoms. The largest absolute Gasteiger partial charge is 0.380 e. The van der Waals surface area contributed by atoms with E-state index < -0.39 is 11.3 Å². The van der Waals surface area contributed by atoms with Crippen LogP contribution in [0.5, 0.6) is 0 Å². The monoisotopic (exact) mass is 433 g/mol. The predicted molar refractivity (Wildman–Crippen MR) is 126 cm³/mol. The number of carbonyl (C=O) groups is 2. The van der Waals surface area contributed by atoms with Crippen molar-refractivity contribution in [1.82, 2.24) is 14.9 Å². The lowest BCUT2D eigenvalue weighted by Gasteiger charge is -2.17. The fraction of sp³-hybridized carbons (Fsp3) is 0.400. The lowest BCUT2D eigenvalue weighted by molar-refractivity contribution is -0.128. The number of nitrogens with zero attached hydrogens (tertiary/aromatic N) is 2. The van der Waals surface area contributed by atoms with E-state index in [4.69, 9.17) is 5.73 Å². The second-order valence-corrected chi connectivity index (χ2v) is 9.76. The number of fused-ring (bicyclic) bond motifs is 1. The van der Waals surface area contributed by atoms with Gasteiger partial charge < -0.3 is 16.4 Å². The molecule has 1 saturated carbocycles. The first-order valence-electron chi connectivity index (χ1n) is 11.1. The summed E-state index contributed by atoms with van der Waals surface area (Å²) in [5.41, 5.74) is 10.2. The van der Waals surface area contributed by atoms with Crippen LogP contribution >= 0.6 is 0 Å². The highest BCUT2D eigenvalue weighted by Gasteiger charge is 2.29. The number of benzene rings is 1. The van der Waals surface area contributed by atoms with Gasteiger partial charge in [0.25, 0.3) is 5.91 Å². The minimum absolute atomic E-state index is 0.0150. The third-order valence-corrected chi connectivity index (χ3v) is 6.00. The molecule has 0 saturated heterocycles. The standard InChI is InChI=1S/C25H31N5O2/c1-15(17-8-9-17)29-22-20(23(26)31)13-28-30-14-19(11-21(22)30)18-7-5-6-16(10-18)12-27-24(32)25(2,3)4/h5-7,10-11,13-15,17,29H,8-9,12H2,1-4H3,(H2,26,31)(H,27,32)/t15-/m1/s1. The topological polar surface area (TPSA) is 102 Å². The van der Waals surface area contributed by atoms with Crippen LogP contribution in [0.15, 0.2) is 42.7 Å². The lowest BCUT2D eigenvalue weighted by Crippen LogP contribution is -2.34. The van der Waals surface area contributed by atoms with Crippen LogP contribution in [0.4, 0.5) is 5.69 Å². The molecule has 3 aromatic rings. The molecule has 4 rings (SSSR count). The Morgan fingerprint density at radius 3 is 2.62 bits per heavy atom. The molecule has 0 spiro atoms. The number of rotatable bonds is 7. The summed E-state index contributed by atoms with van der Waals surface area (Å²) in [6.07, 6.45) is 5.87. The molecule has 1 aromatic carbocycles. The molecule has 7 heteroatoms. The van der Waals surface area contributed by atoms with Crippen LogP contribution in [-0.2, 0) is 11.3 Å². The van der Waals surface area contributed by atoms with Crippen LogP contribution in [0.1, 0.15) is 56.5 Å². The molecule has 0 unspecified atom stereocenters. The molecule has 1 aliphatic carbocycles. The minimum Gasteiger partial charge on any atom is -0.380 e. The third kappa shape index (κ3) is 4.61. The average Bonchev–Trinajstić information content (AvgIpc) is 3.50. The van der Waals surface area contributed by atoms with Crippen LogP contribution in [0.3, 0.4) is 0 Å². The van der Waals surface area contributed by atoms with E-state index in [0.29, 0.717) is 18.0 Å². The molecule has 4 N–H and O–H groups in total. The van der Waals surface area contributed by atoms with Gasteiger partial charge in [-0.05, 0) is 48.9 Å². The summed E-state index contributed by atoms with van der Waals surface area (Å²) in [4.78, 5) is 24.3. The minimum atomic E-state index is -0.496. The fourth-order valence-electron chi connectivity index (χ4n) is 3.80. The maximum absolute atomic E-state index is 12.2. The van der Waals surface area contributed by atoms with E-state index in [1.165, 1.54) is 19.0 Å². The Bertz CT molecular complexity index is 1170. The summed E-state index contributed by atoms with van der Waals surface area (Å²) < 4.78 is 1.78. The van der Waals surface area contributed by atoms with Gasteiger partial charge in [0.15, 0.2) is 0 Å². The summed E-state index contributed by atoms with van der Waals surface area (Å²) in [7, 11) is 0. The van der Waals surface area contributed by atoms with Crippen molar-refractivity contribution in [2.45, 2.75) is 53.1 Å². The molecular formula is C25H31N5O2. The second kappa shape index (κ2) is 8.30. The first kappa shape index (κ1) is 21.9. The zero-order valence-corrected chi connectivity index (χ0v) is 19.1. The number of nitrogens with one attached hydrogen (secondary N) is 2. The maximum atomic E-state index is 12.2. The number of nitrogens with two attached hydrogens (primary N) is 1. The molecule has 2 heterocycles. The molecule has 1 atom stereocenters. The maximum Gasteiger partial charge on any atom is 0.252 e. The highest BCUT2D eigenvalue weighted by atomic mass is 16.2. The highest BCUT2D eigenvalue weighted by Crippen LogP contribution is 2.36. The van der Waals surface area contributed by atoms with Gasteiger partial charge >= 0.3 is 0 Å². The van der Waals surface area contributed by atoms with Crippen molar-refractivity contribution >= 4 is 23.0 Å². The molecule has 0 aliphatic heterocycles. The normalized spacial score (nSPS) is 14.9. The van der Waals surface area contributed by atoms with E-state index in [9.17, 15) is 9.59 Å². The predicted octanol–water partition coefficient (Wildman–Crippen LogP) is 3.97. The lowest BCUT2D eigenvalue weighted by atomic mass is 9.95. The van der Waals surface area contributed by atoms with Crippen molar-refractivity contribution in [2.24, 2.45) is 17.1 Å². The van der Waals surface area contributed by atoms with Crippen molar-refractivity contribution in [2.75, 3.05) is 5.32 Å². The molecule has 1 fully saturated rings. The van der Waals surface area contributed by atoms with Gasteiger partial charge in [-0.15, -0.1) is 0 Å². The summed E-state index contributed by atoms with van der Waals surface area (Å²) in [6.45, 7) is 8.29. The van der Waals surface area contributed by atoms with Crippen molar-refractivity contribution in [1.29, 1.82) is 0 Å². The van der Waals surface area contributed by atoms with Gasteiger partial charge in [-0.2, -0.15) is 5.10 Å². The van der Waals surface area contributed by atoms with Gasteiger partial charge in [-0.25, -0.2) is 4.52 Å². The molecule has 2 aromatic heterocycles. The van der Waals surface area contributed by atoms with Crippen LogP contribution < -0.4 is 16.4 Å². The van der Waals surface area contributed by atoms with Crippen molar-refractivity contribution in [3.8, 4) is 11.1 Å². The van der Waals surface area contributed by atoms with Gasteiger partial charge in [-0.3, -0.25) is 9.59 Å². The Morgan fingerprint density at radius 2 is 1.97 bits per heavy atom. The Hall–Kier alpha value is -3.35. The van der Waals surface area contributed by atoms with Gasteiger partial charge in [0.1, 0.15) is 0 Å². The van der Waals surface area contributed by atoms with E-state index in [0.717, 1.165) is 27.9 Å². The SMILES string of the molecule is C[C@@H](Nc1c(C(N)=O)cnn2cc(-c3cccc(CNC(=O)C(C)(C)C)c3)cc12)C1CC1. The van der Waals surface area contributed by atoms with E-state index in [1.807, 2.05) is 51.2 Å². The van der Waals surface area contributed by atoms with E-state index in [1.54, 1.807) is 4.52 Å². The van der Waals surface area contributed by atoms with Crippen molar-refractivity contribution < 1.29 is 9.59 Å². The van der Waals surface area contributed by atoms with E-state index in [2.05, 4.69) is 28.7 Å². The Morgan fingerprint density at radius 1 is 1.22 bits per heavy atom. The van der Waals surface area contributed by atoms with Crippen LogP contribution in [-0.4, -0.2) is 27.5 Å². The number of anilines is 1. The Kier molecular flexibility index (Phi) is 5.67. The molecular weight excluding hydrogens is 402 g/mol. The zero-order valence-electron chi connectivity index (χ0n) is 19.1. The summed E-state index contributed by atoms with van der Waals surface area (Å²) >= 11 is 0. The smallest absolute Gasteiger partial charge is 0.252 e. The number of primary amides is 1. The molecule has 2 amide bonds. The van der Waals surface area contributed by atoms with Crippen LogP contribution in [0.25, 0.3) is 16.6 Å². The molecule has 1 aliphatic rings. The average molecular weight is 434 g/mol. The number of hydrogen-bond acceptors (Lipinski definition) is 4. The number of carbonyl (C=O) groups excluding carboxylic acids is 2. The number of hydrogen-bond donors (Lipinski definition) is 3. The van der Waals surface area contributed by atoms with E-state index in [-0.39, 0.29) is 11.9 Å². The van der Waals surface area contributed by atoms with Gasteiger partial charge in [-0.1, -0.05) is 39.0 Å². The van der Waals surface area contributed by atoms with Gasteiger partial charge in [0, 0.05) is 29.8 Å². The quantitative estimate of drug-likeness (QED) is 0.525. The summed E-state index contributed by atoms with van der Waals surface area (Å²) in [5.74, 6) is 0.143. The third-order valence-electron chi connectivity index (χ3n) is 6.00. The Labute approximate surface area is 188 Å². The second-order valence-electron chi connectivity index (χ2n) is 9.76. The highest BCUT2D eigenvalue weighted by molar-refractivity contribution is 6.02. The van der Waals surface area contributed by atoms with E-state index >= 15 is 0 Å². The first-order chi connectivity index (χ1) is 15.1. The number of amides is 2. The summed E-state index contributed by atoms with van der Waals surface area (Å²) in [5, 5.41) is 10.9. The Balaban J connectivity index is 1.65. The van der Waals surface area contributed by atoms with Crippen LogP contribution in [0, 0.1) is 11.3 Å². The summed E-state index contributed by atoms with van der Waals surface area (Å²) in [6, 6.07) is 10.3. The van der Waals surface area contributed by atoms with Crippen molar-refractivity contribution in [3.63, 3.8) is 0 Å². The van der Waals surface area contributed by atoms with Crippen LogP contribution in [0.2, 0.25) is 0 Å². The first-order valence-corrected chi connectivity index (χ1v) is 11.1. The molecule has 0 radical (unpaired) electrons.